The van der Waals surface area contributed by atoms with E-state index >= 15 is 0 Å². The SMILES string of the molecule is Cc1ccccc1-c1noc(C2CC2C(=O)O)n1. The molecule has 0 saturated heterocycles. The maximum atomic E-state index is 10.8. The van der Waals surface area contributed by atoms with Gasteiger partial charge in [0.15, 0.2) is 0 Å². The van der Waals surface area contributed by atoms with E-state index in [4.69, 9.17) is 9.63 Å². The summed E-state index contributed by atoms with van der Waals surface area (Å²) in [6.45, 7) is 1.97. The monoisotopic (exact) mass is 244 g/mol. The van der Waals surface area contributed by atoms with Crippen LogP contribution in [0.25, 0.3) is 11.4 Å². The van der Waals surface area contributed by atoms with Crippen LogP contribution >= 0.6 is 0 Å². The fourth-order valence-corrected chi connectivity index (χ4v) is 2.06. The van der Waals surface area contributed by atoms with Crippen LogP contribution in [-0.2, 0) is 4.79 Å². The van der Waals surface area contributed by atoms with Crippen LogP contribution in [0.3, 0.4) is 0 Å². The molecule has 5 heteroatoms. The van der Waals surface area contributed by atoms with Crippen molar-refractivity contribution < 1.29 is 14.4 Å². The van der Waals surface area contributed by atoms with Gasteiger partial charge in [-0.1, -0.05) is 29.4 Å². The van der Waals surface area contributed by atoms with Gasteiger partial charge in [0, 0.05) is 5.56 Å². The normalized spacial score (nSPS) is 21.8. The van der Waals surface area contributed by atoms with Crippen LogP contribution in [0.1, 0.15) is 23.8 Å². The second kappa shape index (κ2) is 3.94. The summed E-state index contributed by atoms with van der Waals surface area (Å²) in [7, 11) is 0. The maximum Gasteiger partial charge on any atom is 0.307 e. The fraction of sp³-hybridized carbons (Fsp3) is 0.308. The summed E-state index contributed by atoms with van der Waals surface area (Å²) in [4.78, 5) is 15.1. The van der Waals surface area contributed by atoms with Gasteiger partial charge < -0.3 is 9.63 Å². The first kappa shape index (κ1) is 11.0. The number of carboxylic acids is 1. The first-order chi connectivity index (χ1) is 8.66. The first-order valence-corrected chi connectivity index (χ1v) is 5.79. The lowest BCUT2D eigenvalue weighted by Gasteiger charge is -1.97. The van der Waals surface area contributed by atoms with Crippen molar-refractivity contribution in [3.63, 3.8) is 0 Å². The molecule has 0 spiro atoms. The smallest absolute Gasteiger partial charge is 0.307 e. The van der Waals surface area contributed by atoms with Gasteiger partial charge in [-0.2, -0.15) is 4.98 Å². The average molecular weight is 244 g/mol. The zero-order valence-electron chi connectivity index (χ0n) is 9.83. The predicted octanol–water partition coefficient (Wildman–Crippen LogP) is 2.23. The maximum absolute atomic E-state index is 10.8. The second-order valence-electron chi connectivity index (χ2n) is 4.56. The molecule has 2 aromatic rings. The van der Waals surface area contributed by atoms with E-state index < -0.39 is 5.97 Å². The Bertz CT molecular complexity index is 606. The van der Waals surface area contributed by atoms with E-state index in [0.29, 0.717) is 18.1 Å². The molecule has 0 amide bonds. The summed E-state index contributed by atoms with van der Waals surface area (Å²) < 4.78 is 5.15. The Morgan fingerprint density at radius 1 is 1.44 bits per heavy atom. The lowest BCUT2D eigenvalue weighted by Crippen LogP contribution is -1.98. The largest absolute Gasteiger partial charge is 0.481 e. The zero-order chi connectivity index (χ0) is 12.7. The molecule has 2 atom stereocenters. The molecule has 2 unspecified atom stereocenters. The molecule has 1 aromatic carbocycles. The first-order valence-electron chi connectivity index (χ1n) is 5.79. The number of benzene rings is 1. The number of carbonyl (C=O) groups is 1. The summed E-state index contributed by atoms with van der Waals surface area (Å²) in [6, 6.07) is 7.75. The minimum Gasteiger partial charge on any atom is -0.481 e. The van der Waals surface area contributed by atoms with Gasteiger partial charge in [0.05, 0.1) is 11.8 Å². The van der Waals surface area contributed by atoms with Gasteiger partial charge in [-0.25, -0.2) is 0 Å². The zero-order valence-corrected chi connectivity index (χ0v) is 9.83. The number of nitrogens with zero attached hydrogens (tertiary/aromatic N) is 2. The highest BCUT2D eigenvalue weighted by Crippen LogP contribution is 2.47. The molecule has 1 aliphatic rings. The third-order valence-electron chi connectivity index (χ3n) is 3.25. The molecule has 1 saturated carbocycles. The molecule has 18 heavy (non-hydrogen) atoms. The third-order valence-corrected chi connectivity index (χ3v) is 3.25. The van der Waals surface area contributed by atoms with Crippen LogP contribution in [-0.4, -0.2) is 21.2 Å². The molecule has 5 nitrogen and oxygen atoms in total. The number of hydrogen-bond donors (Lipinski definition) is 1. The van der Waals surface area contributed by atoms with Crippen LogP contribution in [0.15, 0.2) is 28.8 Å². The van der Waals surface area contributed by atoms with Crippen LogP contribution in [0, 0.1) is 12.8 Å². The number of rotatable bonds is 3. The van der Waals surface area contributed by atoms with E-state index in [1.165, 1.54) is 0 Å². The number of carboxylic acid groups (broad SMARTS) is 1. The van der Waals surface area contributed by atoms with Crippen molar-refractivity contribution in [2.45, 2.75) is 19.3 Å². The van der Waals surface area contributed by atoms with Crippen molar-refractivity contribution in [1.82, 2.24) is 10.1 Å². The third kappa shape index (κ3) is 1.77. The lowest BCUT2D eigenvalue weighted by atomic mass is 10.1. The molecule has 1 heterocycles. The molecule has 0 bridgehead atoms. The Kier molecular flexibility index (Phi) is 2.40. The van der Waals surface area contributed by atoms with Crippen molar-refractivity contribution in [1.29, 1.82) is 0 Å². The predicted molar refractivity (Wildman–Crippen MR) is 63.0 cm³/mol. The van der Waals surface area contributed by atoms with Gasteiger partial charge >= 0.3 is 5.97 Å². The minimum atomic E-state index is -0.796. The second-order valence-corrected chi connectivity index (χ2v) is 4.56. The highest BCUT2D eigenvalue weighted by Gasteiger charge is 2.48. The highest BCUT2D eigenvalue weighted by atomic mass is 16.5. The Morgan fingerprint density at radius 3 is 2.89 bits per heavy atom. The molecular formula is C13H12N2O3. The lowest BCUT2D eigenvalue weighted by molar-refractivity contribution is -0.138. The fourth-order valence-electron chi connectivity index (χ4n) is 2.06. The standard InChI is InChI=1S/C13H12N2O3/c1-7-4-2-3-5-8(7)11-14-12(18-15-11)9-6-10(9)13(16)17/h2-5,9-10H,6H2,1H3,(H,16,17). The van der Waals surface area contributed by atoms with Gasteiger partial charge in [-0.3, -0.25) is 4.79 Å². The number of aryl methyl sites for hydroxylation is 1. The Hall–Kier alpha value is -2.17. The molecule has 1 aromatic heterocycles. The minimum absolute atomic E-state index is 0.118. The molecule has 0 aliphatic heterocycles. The van der Waals surface area contributed by atoms with Crippen LogP contribution in [0.5, 0.6) is 0 Å². The molecule has 1 fully saturated rings. The van der Waals surface area contributed by atoms with Gasteiger partial charge in [-0.05, 0) is 18.9 Å². The number of hydrogen-bond acceptors (Lipinski definition) is 4. The van der Waals surface area contributed by atoms with Crippen LogP contribution < -0.4 is 0 Å². The molecule has 92 valence electrons. The molecule has 1 N–H and O–H groups in total. The number of aliphatic carboxylic acids is 1. The Labute approximate surface area is 103 Å². The summed E-state index contributed by atoms with van der Waals surface area (Å²) in [5.74, 6) is -0.321. The van der Waals surface area contributed by atoms with Crippen molar-refractivity contribution in [3.8, 4) is 11.4 Å². The van der Waals surface area contributed by atoms with Crippen LogP contribution in [0.2, 0.25) is 0 Å². The summed E-state index contributed by atoms with van der Waals surface area (Å²) in [6.07, 6.45) is 0.588. The van der Waals surface area contributed by atoms with Gasteiger partial charge in [-0.15, -0.1) is 0 Å². The van der Waals surface area contributed by atoms with E-state index in [2.05, 4.69) is 10.1 Å². The molecule has 1 aliphatic carbocycles. The average Bonchev–Trinajstić information content (AvgIpc) is 3.02. The van der Waals surface area contributed by atoms with Crippen molar-refractivity contribution >= 4 is 5.97 Å². The molecular weight excluding hydrogens is 232 g/mol. The van der Waals surface area contributed by atoms with Crippen LogP contribution in [0.4, 0.5) is 0 Å². The van der Waals surface area contributed by atoms with Crippen molar-refractivity contribution in [2.24, 2.45) is 5.92 Å². The van der Waals surface area contributed by atoms with E-state index in [1.54, 1.807) is 0 Å². The van der Waals surface area contributed by atoms with E-state index in [0.717, 1.165) is 11.1 Å². The summed E-state index contributed by atoms with van der Waals surface area (Å²) in [5.41, 5.74) is 1.98. The van der Waals surface area contributed by atoms with Crippen molar-refractivity contribution in [3.05, 3.63) is 35.7 Å². The van der Waals surface area contributed by atoms with Gasteiger partial charge in [0.25, 0.3) is 0 Å². The van der Waals surface area contributed by atoms with Gasteiger partial charge in [0.1, 0.15) is 0 Å². The molecule has 0 radical (unpaired) electrons. The summed E-state index contributed by atoms with van der Waals surface area (Å²) in [5, 5.41) is 12.8. The highest BCUT2D eigenvalue weighted by molar-refractivity contribution is 5.74. The summed E-state index contributed by atoms with van der Waals surface area (Å²) >= 11 is 0. The van der Waals surface area contributed by atoms with E-state index in [-0.39, 0.29) is 11.8 Å². The van der Waals surface area contributed by atoms with Crippen molar-refractivity contribution in [2.75, 3.05) is 0 Å². The molecule has 3 rings (SSSR count). The van der Waals surface area contributed by atoms with Gasteiger partial charge in [0.2, 0.25) is 11.7 Å². The Balaban J connectivity index is 1.87. The number of aromatic nitrogens is 2. The quantitative estimate of drug-likeness (QED) is 0.895. The topological polar surface area (TPSA) is 76.2 Å². The van der Waals surface area contributed by atoms with E-state index in [9.17, 15) is 4.79 Å². The Morgan fingerprint density at radius 2 is 2.22 bits per heavy atom. The van der Waals surface area contributed by atoms with E-state index in [1.807, 2.05) is 31.2 Å².